The number of hydrogen-bond acceptors (Lipinski definition) is 4. The smallest absolute Gasteiger partial charge is 0.270 e. The zero-order valence-corrected chi connectivity index (χ0v) is 13.4. The van der Waals surface area contributed by atoms with E-state index in [1.807, 2.05) is 24.1 Å². The molecule has 0 radical (unpaired) electrons. The maximum Gasteiger partial charge on any atom is 0.270 e. The molecule has 0 aromatic carbocycles. The molecule has 0 saturated carbocycles. The number of aromatic nitrogens is 2. The van der Waals surface area contributed by atoms with Crippen molar-refractivity contribution in [1.29, 1.82) is 0 Å². The average molecular weight is 301 g/mol. The monoisotopic (exact) mass is 301 g/mol. The lowest BCUT2D eigenvalue weighted by molar-refractivity contribution is 0.0992. The van der Waals surface area contributed by atoms with Crippen molar-refractivity contribution < 1.29 is 4.79 Å². The predicted molar refractivity (Wildman–Crippen MR) is 85.0 cm³/mol. The molecule has 5 heteroatoms. The van der Waals surface area contributed by atoms with E-state index in [4.69, 9.17) is 0 Å². The van der Waals surface area contributed by atoms with Crippen LogP contribution in [-0.4, -0.2) is 22.4 Å². The fraction of sp³-hybridized carbons (Fsp3) is 0.438. The second-order valence-electron chi connectivity index (χ2n) is 5.82. The highest BCUT2D eigenvalue weighted by Crippen LogP contribution is 2.31. The second kappa shape index (κ2) is 5.56. The molecule has 3 rings (SSSR count). The summed E-state index contributed by atoms with van der Waals surface area (Å²) in [5.74, 6) is 0.578. The molecule has 1 amide bonds. The van der Waals surface area contributed by atoms with Crippen molar-refractivity contribution in [3.05, 3.63) is 39.6 Å². The van der Waals surface area contributed by atoms with Gasteiger partial charge in [0.2, 0.25) is 0 Å². The number of rotatable bonds is 3. The first kappa shape index (κ1) is 14.2. The van der Waals surface area contributed by atoms with Crippen LogP contribution in [0.2, 0.25) is 0 Å². The van der Waals surface area contributed by atoms with Crippen LogP contribution in [0.25, 0.3) is 0 Å². The summed E-state index contributed by atoms with van der Waals surface area (Å²) >= 11 is 1.51. The molecule has 1 aliphatic heterocycles. The molecule has 0 aliphatic carbocycles. The maximum absolute atomic E-state index is 12.9. The lowest BCUT2D eigenvalue weighted by atomic mass is 10.1. The Morgan fingerprint density at radius 2 is 2.29 bits per heavy atom. The first-order chi connectivity index (χ1) is 10.1. The quantitative estimate of drug-likeness (QED) is 0.874. The molecule has 1 aliphatic rings. The van der Waals surface area contributed by atoms with Gasteiger partial charge in [0, 0.05) is 18.9 Å². The normalized spacial score (nSPS) is 13.8. The molecule has 0 spiro atoms. The van der Waals surface area contributed by atoms with Gasteiger partial charge in [-0.1, -0.05) is 13.8 Å². The van der Waals surface area contributed by atoms with Crippen LogP contribution in [0.15, 0.2) is 18.5 Å². The van der Waals surface area contributed by atoms with Gasteiger partial charge in [0.1, 0.15) is 4.88 Å². The second-order valence-corrected chi connectivity index (χ2v) is 7.02. The van der Waals surface area contributed by atoms with Gasteiger partial charge in [-0.2, -0.15) is 0 Å². The van der Waals surface area contributed by atoms with Crippen LogP contribution in [0.4, 0.5) is 5.69 Å². The number of amides is 1. The Bertz CT molecular complexity index is 678. The van der Waals surface area contributed by atoms with Crippen LogP contribution in [-0.2, 0) is 12.8 Å². The molecule has 110 valence electrons. The number of carbonyl (C=O) groups is 1. The van der Waals surface area contributed by atoms with Crippen molar-refractivity contribution >= 4 is 22.9 Å². The topological polar surface area (TPSA) is 46.1 Å². The highest BCUT2D eigenvalue weighted by atomic mass is 32.1. The molecule has 2 aromatic heterocycles. The zero-order chi connectivity index (χ0) is 15.0. The Hall–Kier alpha value is -1.75. The van der Waals surface area contributed by atoms with Gasteiger partial charge in [0.25, 0.3) is 5.91 Å². The molecule has 0 unspecified atom stereocenters. The van der Waals surface area contributed by atoms with E-state index in [0.717, 1.165) is 46.2 Å². The Balaban J connectivity index is 1.93. The molecular weight excluding hydrogens is 282 g/mol. The zero-order valence-electron chi connectivity index (χ0n) is 12.6. The van der Waals surface area contributed by atoms with Crippen LogP contribution in [0, 0.1) is 12.8 Å². The van der Waals surface area contributed by atoms with Crippen LogP contribution in [0.3, 0.4) is 0 Å². The van der Waals surface area contributed by atoms with E-state index in [0.29, 0.717) is 5.92 Å². The van der Waals surface area contributed by atoms with Gasteiger partial charge in [-0.25, -0.2) is 4.98 Å². The van der Waals surface area contributed by atoms with Crippen LogP contribution < -0.4 is 4.90 Å². The molecule has 4 nitrogen and oxygen atoms in total. The SMILES string of the molecule is Cc1nc(CC(C)C)c(C(=O)N2CCc3cnccc32)s1. The summed E-state index contributed by atoms with van der Waals surface area (Å²) in [6.45, 7) is 7.00. The lowest BCUT2D eigenvalue weighted by Gasteiger charge is -2.17. The summed E-state index contributed by atoms with van der Waals surface area (Å²) in [5.41, 5.74) is 3.09. The Kier molecular flexibility index (Phi) is 3.76. The van der Waals surface area contributed by atoms with Gasteiger partial charge in [-0.3, -0.25) is 9.78 Å². The third kappa shape index (κ3) is 2.70. The third-order valence-electron chi connectivity index (χ3n) is 3.62. The first-order valence-electron chi connectivity index (χ1n) is 7.27. The largest absolute Gasteiger partial charge is 0.307 e. The average Bonchev–Trinajstić information content (AvgIpc) is 3.01. The van der Waals surface area contributed by atoms with Gasteiger partial charge in [0.05, 0.1) is 16.4 Å². The molecule has 0 N–H and O–H groups in total. The standard InChI is InChI=1S/C16H19N3OS/c1-10(2)8-13-15(21-11(3)18-13)16(20)19-7-5-12-9-17-6-4-14(12)19/h4,6,9-10H,5,7-8H2,1-3H3. The number of carbonyl (C=O) groups excluding carboxylic acids is 1. The molecule has 0 bridgehead atoms. The van der Waals surface area contributed by atoms with E-state index < -0.39 is 0 Å². The first-order valence-corrected chi connectivity index (χ1v) is 8.09. The minimum atomic E-state index is 0.0844. The lowest BCUT2D eigenvalue weighted by Crippen LogP contribution is -2.29. The summed E-state index contributed by atoms with van der Waals surface area (Å²) in [7, 11) is 0. The van der Waals surface area contributed by atoms with Gasteiger partial charge in [0.15, 0.2) is 0 Å². The van der Waals surface area contributed by atoms with Crippen LogP contribution in [0.5, 0.6) is 0 Å². The fourth-order valence-corrected chi connectivity index (χ4v) is 3.62. The number of hydrogen-bond donors (Lipinski definition) is 0. The van der Waals surface area contributed by atoms with Crippen molar-refractivity contribution in [2.45, 2.75) is 33.6 Å². The summed E-state index contributed by atoms with van der Waals surface area (Å²) in [5, 5.41) is 0.961. The predicted octanol–water partition coefficient (Wildman–Crippen LogP) is 3.25. The summed E-state index contributed by atoms with van der Waals surface area (Å²) in [4.78, 5) is 24.3. The van der Waals surface area contributed by atoms with E-state index >= 15 is 0 Å². The van der Waals surface area contributed by atoms with Crippen molar-refractivity contribution in [3.63, 3.8) is 0 Å². The van der Waals surface area contributed by atoms with E-state index in [1.165, 1.54) is 11.3 Å². The Labute approximate surface area is 128 Å². The number of fused-ring (bicyclic) bond motifs is 1. The molecule has 2 aromatic rings. The molecule has 0 saturated heterocycles. The third-order valence-corrected chi connectivity index (χ3v) is 4.62. The highest BCUT2D eigenvalue weighted by molar-refractivity contribution is 7.13. The molecule has 0 atom stereocenters. The maximum atomic E-state index is 12.9. The number of anilines is 1. The number of thiazole rings is 1. The van der Waals surface area contributed by atoms with Crippen LogP contribution >= 0.6 is 11.3 Å². The number of aryl methyl sites for hydroxylation is 1. The number of pyridine rings is 1. The van der Waals surface area contributed by atoms with Crippen LogP contribution in [0.1, 0.15) is 39.8 Å². The summed E-state index contributed by atoms with van der Waals surface area (Å²) in [6, 6.07) is 1.93. The van der Waals surface area contributed by atoms with Gasteiger partial charge in [-0.05, 0) is 37.3 Å². The number of nitrogens with zero attached hydrogens (tertiary/aromatic N) is 3. The van der Waals surface area contributed by atoms with Crippen molar-refractivity contribution in [2.24, 2.45) is 5.92 Å². The van der Waals surface area contributed by atoms with Crippen molar-refractivity contribution in [3.8, 4) is 0 Å². The summed E-state index contributed by atoms with van der Waals surface area (Å²) in [6.07, 6.45) is 5.33. The Morgan fingerprint density at radius 1 is 1.48 bits per heavy atom. The molecule has 21 heavy (non-hydrogen) atoms. The Morgan fingerprint density at radius 3 is 3.05 bits per heavy atom. The minimum Gasteiger partial charge on any atom is -0.307 e. The highest BCUT2D eigenvalue weighted by Gasteiger charge is 2.28. The van der Waals surface area contributed by atoms with Crippen molar-refractivity contribution in [2.75, 3.05) is 11.4 Å². The molecule has 3 heterocycles. The summed E-state index contributed by atoms with van der Waals surface area (Å²) < 4.78 is 0. The van der Waals surface area contributed by atoms with E-state index in [-0.39, 0.29) is 5.91 Å². The molecular formula is C16H19N3OS. The van der Waals surface area contributed by atoms with E-state index in [1.54, 1.807) is 6.20 Å². The van der Waals surface area contributed by atoms with Crippen molar-refractivity contribution in [1.82, 2.24) is 9.97 Å². The van der Waals surface area contributed by atoms with E-state index in [9.17, 15) is 4.79 Å². The fourth-order valence-electron chi connectivity index (χ4n) is 2.72. The minimum absolute atomic E-state index is 0.0844. The van der Waals surface area contributed by atoms with Gasteiger partial charge < -0.3 is 4.90 Å². The van der Waals surface area contributed by atoms with Gasteiger partial charge >= 0.3 is 0 Å². The molecule has 0 fully saturated rings. The van der Waals surface area contributed by atoms with Gasteiger partial charge in [-0.15, -0.1) is 11.3 Å². The van der Waals surface area contributed by atoms with E-state index in [2.05, 4.69) is 23.8 Å².